The van der Waals surface area contributed by atoms with E-state index in [9.17, 15) is 0 Å². The fourth-order valence-electron chi connectivity index (χ4n) is 4.77. The molecule has 0 nitrogen and oxygen atoms in total. The van der Waals surface area contributed by atoms with E-state index in [2.05, 4.69) is 97.1 Å². The van der Waals surface area contributed by atoms with Crippen molar-refractivity contribution < 1.29 is 0 Å². The molecule has 1 aliphatic rings. The van der Waals surface area contributed by atoms with Gasteiger partial charge in [0.15, 0.2) is 0 Å². The molecule has 1 aliphatic heterocycles. The molecule has 2 heterocycles. The van der Waals surface area contributed by atoms with Crippen LogP contribution >= 0.6 is 23.1 Å². The first kappa shape index (κ1) is 16.7. The molecule has 1 aromatic heterocycles. The molecule has 6 aromatic rings. The van der Waals surface area contributed by atoms with Crippen molar-refractivity contribution in [2.24, 2.45) is 0 Å². The van der Waals surface area contributed by atoms with Crippen LogP contribution in [0.15, 0.2) is 107 Å². The van der Waals surface area contributed by atoms with Crippen molar-refractivity contribution in [3.05, 3.63) is 97.1 Å². The lowest BCUT2D eigenvalue weighted by Crippen LogP contribution is -1.94. The second-order valence-electron chi connectivity index (χ2n) is 7.72. The van der Waals surface area contributed by atoms with Crippen LogP contribution in [0, 0.1) is 0 Å². The summed E-state index contributed by atoms with van der Waals surface area (Å²) in [4.78, 5) is 2.70. The van der Waals surface area contributed by atoms with E-state index in [1.165, 1.54) is 63.0 Å². The van der Waals surface area contributed by atoms with Crippen molar-refractivity contribution in [2.75, 3.05) is 0 Å². The molecule has 0 fully saturated rings. The zero-order valence-corrected chi connectivity index (χ0v) is 17.7. The van der Waals surface area contributed by atoms with Crippen molar-refractivity contribution in [2.45, 2.75) is 9.79 Å². The lowest BCUT2D eigenvalue weighted by atomic mass is 9.92. The average Bonchev–Trinajstić information content (AvgIpc) is 3.19. The van der Waals surface area contributed by atoms with Crippen molar-refractivity contribution in [1.82, 2.24) is 0 Å². The van der Waals surface area contributed by atoms with Crippen LogP contribution in [0.25, 0.3) is 53.2 Å². The molecular weight excluding hydrogens is 400 g/mol. The van der Waals surface area contributed by atoms with Gasteiger partial charge in [0.25, 0.3) is 0 Å². The van der Waals surface area contributed by atoms with Crippen LogP contribution in [0.2, 0.25) is 0 Å². The molecule has 0 spiro atoms. The van der Waals surface area contributed by atoms with Gasteiger partial charge in [0.1, 0.15) is 0 Å². The quantitative estimate of drug-likeness (QED) is 0.257. The summed E-state index contributed by atoms with van der Waals surface area (Å²) in [7, 11) is 0. The maximum absolute atomic E-state index is 2.32. The van der Waals surface area contributed by atoms with E-state index in [-0.39, 0.29) is 0 Å². The van der Waals surface area contributed by atoms with Crippen LogP contribution in [-0.2, 0) is 0 Å². The van der Waals surface area contributed by atoms with Crippen LogP contribution < -0.4 is 0 Å². The molecule has 0 aliphatic carbocycles. The van der Waals surface area contributed by atoms with E-state index in [1.54, 1.807) is 0 Å². The maximum atomic E-state index is 2.32. The predicted molar refractivity (Wildman–Crippen MR) is 132 cm³/mol. The van der Waals surface area contributed by atoms with Crippen LogP contribution in [0.5, 0.6) is 0 Å². The van der Waals surface area contributed by atoms with Crippen molar-refractivity contribution in [3.63, 3.8) is 0 Å². The molecule has 0 saturated carbocycles. The molecule has 0 unspecified atom stereocenters. The number of hydrogen-bond acceptors (Lipinski definition) is 2. The van der Waals surface area contributed by atoms with Gasteiger partial charge >= 0.3 is 0 Å². The molecule has 0 bridgehead atoms. The molecule has 2 heteroatoms. The van der Waals surface area contributed by atoms with E-state index in [1.807, 2.05) is 23.1 Å². The predicted octanol–water partition coefficient (Wildman–Crippen LogP) is 9.01. The SMILES string of the molecule is c1ccc2c(c1)Sc1ccc(-c3cccc4c3sc3ccccc34)c3cccc-2c13. The molecule has 5 aromatic carbocycles. The van der Waals surface area contributed by atoms with Gasteiger partial charge in [0.05, 0.1) is 0 Å². The van der Waals surface area contributed by atoms with Gasteiger partial charge in [-0.25, -0.2) is 0 Å². The largest absolute Gasteiger partial charge is 0.135 e. The first-order valence-corrected chi connectivity index (χ1v) is 11.8. The topological polar surface area (TPSA) is 0 Å². The highest BCUT2D eigenvalue weighted by atomic mass is 32.2. The third-order valence-corrected chi connectivity index (χ3v) is 8.45. The number of benzene rings is 5. The Morgan fingerprint density at radius 2 is 1.17 bits per heavy atom. The Morgan fingerprint density at radius 1 is 0.433 bits per heavy atom. The summed E-state index contributed by atoms with van der Waals surface area (Å²) in [6.45, 7) is 0. The van der Waals surface area contributed by atoms with Crippen molar-refractivity contribution >= 4 is 54.0 Å². The molecule has 0 atom stereocenters. The van der Waals surface area contributed by atoms with Gasteiger partial charge in [-0.05, 0) is 40.3 Å². The zero-order chi connectivity index (χ0) is 19.7. The van der Waals surface area contributed by atoms with E-state index < -0.39 is 0 Å². The monoisotopic (exact) mass is 416 g/mol. The number of hydrogen-bond donors (Lipinski definition) is 0. The highest BCUT2D eigenvalue weighted by Crippen LogP contribution is 2.50. The summed E-state index contributed by atoms with van der Waals surface area (Å²) in [5, 5.41) is 5.44. The zero-order valence-electron chi connectivity index (χ0n) is 16.1. The molecule has 7 rings (SSSR count). The standard InChI is InChI=1S/C28H16S2/c1-3-13-24-18(7-1)21-10-5-9-20-17(15-16-26(29-24)27(20)21)22-11-6-12-23-19-8-2-4-14-25(19)30-28(22)23/h1-16H. The molecule has 0 N–H and O–H groups in total. The molecule has 30 heavy (non-hydrogen) atoms. The van der Waals surface area contributed by atoms with Crippen LogP contribution in [0.3, 0.4) is 0 Å². The van der Waals surface area contributed by atoms with E-state index >= 15 is 0 Å². The first-order valence-electron chi connectivity index (χ1n) is 10.1. The Bertz CT molecular complexity index is 1620. The molecule has 0 radical (unpaired) electrons. The third-order valence-electron chi connectivity index (χ3n) is 6.09. The summed E-state index contributed by atoms with van der Waals surface area (Å²) < 4.78 is 2.73. The van der Waals surface area contributed by atoms with Crippen LogP contribution in [-0.4, -0.2) is 0 Å². The van der Waals surface area contributed by atoms with E-state index in [4.69, 9.17) is 0 Å². The average molecular weight is 417 g/mol. The Morgan fingerprint density at radius 3 is 2.13 bits per heavy atom. The van der Waals surface area contributed by atoms with Crippen molar-refractivity contribution in [1.29, 1.82) is 0 Å². The lowest BCUT2D eigenvalue weighted by Gasteiger charge is -2.21. The summed E-state index contributed by atoms with van der Waals surface area (Å²) in [6.07, 6.45) is 0. The minimum absolute atomic E-state index is 1.33. The highest BCUT2D eigenvalue weighted by Gasteiger charge is 2.21. The highest BCUT2D eigenvalue weighted by molar-refractivity contribution is 7.99. The van der Waals surface area contributed by atoms with Gasteiger partial charge in [0, 0.05) is 40.9 Å². The number of rotatable bonds is 1. The number of fused-ring (bicyclic) bond motifs is 5. The molecular formula is C28H16S2. The van der Waals surface area contributed by atoms with Crippen LogP contribution in [0.4, 0.5) is 0 Å². The van der Waals surface area contributed by atoms with Gasteiger partial charge < -0.3 is 0 Å². The Hall–Kier alpha value is -3.07. The summed E-state index contributed by atoms with van der Waals surface area (Å²) in [5.41, 5.74) is 5.36. The van der Waals surface area contributed by atoms with E-state index in [0.717, 1.165) is 0 Å². The second-order valence-corrected chi connectivity index (χ2v) is 9.85. The molecule has 140 valence electrons. The Balaban J connectivity index is 1.58. The molecule has 0 amide bonds. The van der Waals surface area contributed by atoms with Gasteiger partial charge in [0.2, 0.25) is 0 Å². The van der Waals surface area contributed by atoms with Crippen molar-refractivity contribution in [3.8, 4) is 22.3 Å². The van der Waals surface area contributed by atoms with Gasteiger partial charge in [-0.1, -0.05) is 90.6 Å². The normalized spacial score (nSPS) is 12.5. The van der Waals surface area contributed by atoms with E-state index in [0.29, 0.717) is 0 Å². The summed E-state index contributed by atoms with van der Waals surface area (Å²) in [6, 6.07) is 35.7. The Labute approximate surface area is 182 Å². The Kier molecular flexibility index (Phi) is 3.46. The third kappa shape index (κ3) is 2.23. The smallest absolute Gasteiger partial charge is 0.0434 e. The number of thiophene rings is 1. The minimum Gasteiger partial charge on any atom is -0.135 e. The fourth-order valence-corrected chi connectivity index (χ4v) is 7.13. The molecule has 0 saturated heterocycles. The van der Waals surface area contributed by atoms with Gasteiger partial charge in [-0.2, -0.15) is 0 Å². The minimum atomic E-state index is 1.33. The summed E-state index contributed by atoms with van der Waals surface area (Å²) >= 11 is 3.79. The lowest BCUT2D eigenvalue weighted by molar-refractivity contribution is 1.40. The fraction of sp³-hybridized carbons (Fsp3) is 0. The van der Waals surface area contributed by atoms with Gasteiger partial charge in [-0.3, -0.25) is 0 Å². The van der Waals surface area contributed by atoms with Gasteiger partial charge in [-0.15, -0.1) is 11.3 Å². The summed E-state index contributed by atoms with van der Waals surface area (Å²) in [5.74, 6) is 0. The van der Waals surface area contributed by atoms with Crippen LogP contribution in [0.1, 0.15) is 0 Å². The first-order chi connectivity index (χ1) is 14.9. The second kappa shape index (κ2) is 6.21. The maximum Gasteiger partial charge on any atom is 0.0434 e.